The third-order valence-electron chi connectivity index (χ3n) is 10.1. The maximum atomic E-state index is 12.7. The number of carbonyl (C=O) groups is 2. The Bertz CT molecular complexity index is 896. The molecular formula is C44H88NO8P. The first kappa shape index (κ1) is 53.0. The fourth-order valence-electron chi connectivity index (χ4n) is 6.54. The number of rotatable bonds is 42. The second-order valence-corrected chi connectivity index (χ2v) is 18.2. The Morgan fingerprint density at radius 1 is 0.500 bits per heavy atom. The molecule has 0 heterocycles. The number of ether oxygens (including phenoxy) is 2. The first-order chi connectivity index (χ1) is 26.0. The maximum absolute atomic E-state index is 12.7. The number of esters is 2. The monoisotopic (exact) mass is 790 g/mol. The van der Waals surface area contributed by atoms with Gasteiger partial charge in [-0.05, 0) is 12.8 Å². The third kappa shape index (κ3) is 40.7. The normalized spacial score (nSPS) is 13.5. The third-order valence-corrected chi connectivity index (χ3v) is 11.1. The number of phosphoric acid groups is 1. The van der Waals surface area contributed by atoms with Gasteiger partial charge < -0.3 is 27.9 Å². The highest BCUT2D eigenvalue weighted by molar-refractivity contribution is 7.45. The van der Waals surface area contributed by atoms with Gasteiger partial charge in [0.1, 0.15) is 19.8 Å². The molecule has 0 N–H and O–H groups in total. The van der Waals surface area contributed by atoms with Crippen LogP contribution < -0.4 is 4.89 Å². The fraction of sp³-hybridized carbons (Fsp3) is 0.955. The molecule has 0 rings (SSSR count). The molecule has 54 heavy (non-hydrogen) atoms. The van der Waals surface area contributed by atoms with Crippen molar-refractivity contribution in [1.29, 1.82) is 0 Å². The predicted molar refractivity (Wildman–Crippen MR) is 222 cm³/mol. The highest BCUT2D eigenvalue weighted by atomic mass is 31.2. The Hall–Kier alpha value is -0.990. The van der Waals surface area contributed by atoms with Crippen LogP contribution in [0.2, 0.25) is 0 Å². The van der Waals surface area contributed by atoms with Crippen molar-refractivity contribution in [1.82, 2.24) is 0 Å². The van der Waals surface area contributed by atoms with E-state index in [-0.39, 0.29) is 32.0 Å². The molecule has 0 aromatic rings. The predicted octanol–water partition coefficient (Wildman–Crippen LogP) is 12.2. The van der Waals surface area contributed by atoms with Crippen LogP contribution in [0.3, 0.4) is 0 Å². The molecule has 0 saturated heterocycles. The summed E-state index contributed by atoms with van der Waals surface area (Å²) < 4.78 is 33.9. The lowest BCUT2D eigenvalue weighted by molar-refractivity contribution is -0.870. The van der Waals surface area contributed by atoms with Crippen molar-refractivity contribution in [2.24, 2.45) is 0 Å². The molecule has 0 amide bonds. The number of likely N-dealkylation sites (N-methyl/N-ethyl adjacent to an activating group) is 1. The summed E-state index contributed by atoms with van der Waals surface area (Å²) in [5, 5.41) is 0. The molecular weight excluding hydrogens is 701 g/mol. The van der Waals surface area contributed by atoms with Crippen LogP contribution in [-0.2, 0) is 32.7 Å². The summed E-state index contributed by atoms with van der Waals surface area (Å²) in [6.07, 6.45) is 37.1. The van der Waals surface area contributed by atoms with Gasteiger partial charge >= 0.3 is 11.9 Å². The summed E-state index contributed by atoms with van der Waals surface area (Å²) in [6, 6.07) is 0. The van der Waals surface area contributed by atoms with E-state index in [9.17, 15) is 19.0 Å². The molecule has 0 aliphatic rings. The first-order valence-corrected chi connectivity index (χ1v) is 24.2. The number of carbonyl (C=O) groups excluding carboxylic acids is 2. The van der Waals surface area contributed by atoms with E-state index in [1.54, 1.807) is 0 Å². The second-order valence-electron chi connectivity index (χ2n) is 16.8. The Morgan fingerprint density at radius 3 is 1.19 bits per heavy atom. The Kier molecular flexibility index (Phi) is 36.9. The number of nitrogens with zero attached hydrogens (tertiary/aromatic N) is 1. The van der Waals surface area contributed by atoms with Crippen molar-refractivity contribution in [2.45, 2.75) is 225 Å². The van der Waals surface area contributed by atoms with Crippen molar-refractivity contribution in [2.75, 3.05) is 47.5 Å². The summed E-state index contributed by atoms with van der Waals surface area (Å²) in [6.45, 7) is 4.24. The van der Waals surface area contributed by atoms with Crippen LogP contribution in [0.4, 0.5) is 0 Å². The summed E-state index contributed by atoms with van der Waals surface area (Å²) in [5.41, 5.74) is 0. The van der Waals surface area contributed by atoms with Gasteiger partial charge in [-0.25, -0.2) is 0 Å². The molecule has 0 aliphatic carbocycles. The minimum absolute atomic E-state index is 0.0259. The molecule has 9 nitrogen and oxygen atoms in total. The van der Waals surface area contributed by atoms with Gasteiger partial charge in [0.25, 0.3) is 7.82 Å². The van der Waals surface area contributed by atoms with Gasteiger partial charge in [0.15, 0.2) is 6.10 Å². The molecule has 0 bridgehead atoms. The number of quaternary nitrogens is 1. The standard InChI is InChI=1S/C44H88NO8P/c1-6-8-10-12-14-16-17-18-19-20-21-22-23-24-25-26-27-29-31-33-35-37-44(47)53-42(41-52-54(48,49)51-39-38-45(3,4)5)40-50-43(46)36-34-32-30-28-15-13-11-9-7-2/h42H,6-41H2,1-5H3. The average molecular weight is 790 g/mol. The Balaban J connectivity index is 4.18. The fourth-order valence-corrected chi connectivity index (χ4v) is 7.27. The maximum Gasteiger partial charge on any atom is 0.306 e. The summed E-state index contributed by atoms with van der Waals surface area (Å²) in [7, 11) is 1.18. The van der Waals surface area contributed by atoms with Gasteiger partial charge in [-0.15, -0.1) is 0 Å². The number of hydrogen-bond acceptors (Lipinski definition) is 8. The van der Waals surface area contributed by atoms with E-state index >= 15 is 0 Å². The van der Waals surface area contributed by atoms with Crippen molar-refractivity contribution in [3.63, 3.8) is 0 Å². The topological polar surface area (TPSA) is 111 Å². The smallest absolute Gasteiger partial charge is 0.306 e. The molecule has 0 aliphatic heterocycles. The molecule has 0 aromatic carbocycles. The molecule has 2 atom stereocenters. The largest absolute Gasteiger partial charge is 0.756 e. The zero-order chi connectivity index (χ0) is 40.0. The highest BCUT2D eigenvalue weighted by Crippen LogP contribution is 2.38. The van der Waals surface area contributed by atoms with Crippen molar-refractivity contribution >= 4 is 19.8 Å². The van der Waals surface area contributed by atoms with E-state index in [1.807, 2.05) is 21.1 Å². The van der Waals surface area contributed by atoms with E-state index in [4.69, 9.17) is 18.5 Å². The van der Waals surface area contributed by atoms with Gasteiger partial charge in [0, 0.05) is 12.8 Å². The highest BCUT2D eigenvalue weighted by Gasteiger charge is 2.21. The Morgan fingerprint density at radius 2 is 0.833 bits per heavy atom. The van der Waals surface area contributed by atoms with Crippen LogP contribution in [0.25, 0.3) is 0 Å². The molecule has 0 aromatic heterocycles. The first-order valence-electron chi connectivity index (χ1n) is 22.7. The summed E-state index contributed by atoms with van der Waals surface area (Å²) >= 11 is 0. The van der Waals surface area contributed by atoms with Gasteiger partial charge in [-0.2, -0.15) is 0 Å². The Labute approximate surface area is 334 Å². The molecule has 0 fully saturated rings. The van der Waals surface area contributed by atoms with Crippen LogP contribution >= 0.6 is 7.82 Å². The lowest BCUT2D eigenvalue weighted by Crippen LogP contribution is -2.37. The minimum Gasteiger partial charge on any atom is -0.756 e. The van der Waals surface area contributed by atoms with Gasteiger partial charge in [0.05, 0.1) is 27.7 Å². The molecule has 0 spiro atoms. The van der Waals surface area contributed by atoms with Crippen LogP contribution in [0.5, 0.6) is 0 Å². The molecule has 0 radical (unpaired) electrons. The van der Waals surface area contributed by atoms with Gasteiger partial charge in [-0.3, -0.25) is 14.2 Å². The van der Waals surface area contributed by atoms with Crippen LogP contribution in [-0.4, -0.2) is 70.0 Å². The summed E-state index contributed by atoms with van der Waals surface area (Å²) in [5.74, 6) is -0.823. The SMILES string of the molecule is CCCCCCCCCCCCCCCCCCCCCCCC(=O)OC(COC(=O)CCCCCCCCCCC)COP(=O)([O-])OCC[N+](C)(C)C. The number of unbranched alkanes of at least 4 members (excludes halogenated alkanes) is 28. The van der Waals surface area contributed by atoms with Crippen LogP contribution in [0.1, 0.15) is 219 Å². The number of hydrogen-bond donors (Lipinski definition) is 0. The lowest BCUT2D eigenvalue weighted by atomic mass is 10.0. The van der Waals surface area contributed by atoms with E-state index in [0.717, 1.165) is 32.1 Å². The molecule has 322 valence electrons. The minimum atomic E-state index is -4.61. The second kappa shape index (κ2) is 37.6. The average Bonchev–Trinajstić information content (AvgIpc) is 3.12. The van der Waals surface area contributed by atoms with E-state index in [1.165, 1.54) is 154 Å². The van der Waals surface area contributed by atoms with Gasteiger partial charge in [-0.1, -0.05) is 194 Å². The van der Waals surface area contributed by atoms with Gasteiger partial charge in [0.2, 0.25) is 0 Å². The van der Waals surface area contributed by atoms with Crippen molar-refractivity contribution < 1.29 is 42.1 Å². The summed E-state index contributed by atoms with van der Waals surface area (Å²) in [4.78, 5) is 37.4. The van der Waals surface area contributed by atoms with Crippen LogP contribution in [0, 0.1) is 0 Å². The zero-order valence-corrected chi connectivity index (χ0v) is 37.1. The quantitative estimate of drug-likeness (QED) is 0.0260. The van der Waals surface area contributed by atoms with Crippen LogP contribution in [0.15, 0.2) is 0 Å². The zero-order valence-electron chi connectivity index (χ0n) is 36.2. The van der Waals surface area contributed by atoms with E-state index < -0.39 is 26.5 Å². The van der Waals surface area contributed by atoms with E-state index in [0.29, 0.717) is 17.4 Å². The van der Waals surface area contributed by atoms with Crippen molar-refractivity contribution in [3.8, 4) is 0 Å². The van der Waals surface area contributed by atoms with E-state index in [2.05, 4.69) is 13.8 Å². The number of phosphoric ester groups is 1. The lowest BCUT2D eigenvalue weighted by Gasteiger charge is -2.28. The molecule has 0 saturated carbocycles. The molecule has 10 heteroatoms. The van der Waals surface area contributed by atoms with Crippen molar-refractivity contribution in [3.05, 3.63) is 0 Å². The molecule has 2 unspecified atom stereocenters.